The van der Waals surface area contributed by atoms with E-state index in [-0.39, 0.29) is 11.9 Å². The smallest absolute Gasteiger partial charge is 0.257 e. The van der Waals surface area contributed by atoms with E-state index in [1.54, 1.807) is 11.0 Å². The van der Waals surface area contributed by atoms with Gasteiger partial charge in [-0.25, -0.2) is 0 Å². The number of carbonyl (C=O) groups is 1. The van der Waals surface area contributed by atoms with Crippen LogP contribution in [0.5, 0.6) is 11.5 Å². The molecule has 0 radical (unpaired) electrons. The number of amides is 1. The first kappa shape index (κ1) is 16.3. The molecule has 0 saturated carbocycles. The number of likely N-dealkylation sites (tertiary alicyclic amines) is 1. The molecule has 24 heavy (non-hydrogen) atoms. The van der Waals surface area contributed by atoms with Gasteiger partial charge in [0.15, 0.2) is 0 Å². The fourth-order valence-electron chi connectivity index (χ4n) is 2.74. The number of hydrogen-bond donors (Lipinski definition) is 1. The monoisotopic (exact) mass is 326 g/mol. The van der Waals surface area contributed by atoms with Crippen LogP contribution in [-0.2, 0) is 0 Å². The van der Waals surface area contributed by atoms with Crippen LogP contribution < -0.4 is 15.2 Å². The Morgan fingerprint density at radius 2 is 1.75 bits per heavy atom. The summed E-state index contributed by atoms with van der Waals surface area (Å²) in [5.41, 5.74) is 6.47. The first-order valence-electron chi connectivity index (χ1n) is 8.18. The van der Waals surface area contributed by atoms with Crippen molar-refractivity contribution in [3.8, 4) is 11.5 Å². The summed E-state index contributed by atoms with van der Waals surface area (Å²) in [6.45, 7) is 2.09. The van der Waals surface area contributed by atoms with Crippen molar-refractivity contribution < 1.29 is 14.3 Å². The number of benzene rings is 2. The Bertz CT molecular complexity index is 675. The maximum atomic E-state index is 12.6. The molecule has 2 aromatic carbocycles. The zero-order valence-electron chi connectivity index (χ0n) is 13.6. The molecular weight excluding hydrogens is 304 g/mol. The Morgan fingerprint density at radius 3 is 2.50 bits per heavy atom. The molecule has 126 valence electrons. The van der Waals surface area contributed by atoms with E-state index in [9.17, 15) is 4.79 Å². The second-order valence-electron chi connectivity index (χ2n) is 5.81. The summed E-state index contributed by atoms with van der Waals surface area (Å²) < 4.78 is 11.4. The highest BCUT2D eigenvalue weighted by atomic mass is 16.5. The van der Waals surface area contributed by atoms with Gasteiger partial charge in [0.05, 0.1) is 5.56 Å². The maximum absolute atomic E-state index is 12.6. The molecule has 1 aliphatic heterocycles. The van der Waals surface area contributed by atoms with Crippen molar-refractivity contribution in [1.82, 2.24) is 4.90 Å². The Balaban J connectivity index is 1.57. The van der Waals surface area contributed by atoms with Crippen LogP contribution in [0.15, 0.2) is 54.6 Å². The van der Waals surface area contributed by atoms with Crippen LogP contribution in [0.4, 0.5) is 0 Å². The molecule has 1 saturated heterocycles. The van der Waals surface area contributed by atoms with Crippen LogP contribution in [0.2, 0.25) is 0 Å². The van der Waals surface area contributed by atoms with E-state index in [1.165, 1.54) is 0 Å². The molecule has 2 aromatic rings. The zero-order valence-corrected chi connectivity index (χ0v) is 13.6. The lowest BCUT2D eigenvalue weighted by atomic mass is 10.2. The summed E-state index contributed by atoms with van der Waals surface area (Å²) in [7, 11) is 0. The van der Waals surface area contributed by atoms with Gasteiger partial charge in [-0.3, -0.25) is 4.79 Å². The molecule has 0 bridgehead atoms. The molecule has 0 aromatic heterocycles. The summed E-state index contributed by atoms with van der Waals surface area (Å²) in [5, 5.41) is 0. The molecule has 3 rings (SSSR count). The summed E-state index contributed by atoms with van der Waals surface area (Å²) in [6.07, 6.45) is 0.847. The van der Waals surface area contributed by atoms with Crippen molar-refractivity contribution >= 4 is 5.91 Å². The van der Waals surface area contributed by atoms with Crippen LogP contribution in [0, 0.1) is 0 Å². The lowest BCUT2D eigenvalue weighted by Crippen LogP contribution is -2.32. The third kappa shape index (κ3) is 4.06. The van der Waals surface area contributed by atoms with Gasteiger partial charge in [0.2, 0.25) is 0 Å². The molecule has 1 aliphatic rings. The molecule has 2 N–H and O–H groups in total. The molecular formula is C19H22N2O3. The van der Waals surface area contributed by atoms with Gasteiger partial charge in [-0.2, -0.15) is 0 Å². The largest absolute Gasteiger partial charge is 0.490 e. The minimum atomic E-state index is -0.0254. The molecule has 0 aliphatic carbocycles. The lowest BCUT2D eigenvalue weighted by molar-refractivity contribution is 0.0785. The molecule has 5 heteroatoms. The maximum Gasteiger partial charge on any atom is 0.257 e. The fraction of sp³-hybridized carbons (Fsp3) is 0.316. The van der Waals surface area contributed by atoms with Crippen molar-refractivity contribution in [1.29, 1.82) is 0 Å². The molecule has 1 heterocycles. The molecule has 0 unspecified atom stereocenters. The average molecular weight is 326 g/mol. The Labute approximate surface area is 142 Å². The normalized spacial score (nSPS) is 16.9. The van der Waals surface area contributed by atoms with Crippen molar-refractivity contribution in [2.24, 2.45) is 5.73 Å². The van der Waals surface area contributed by atoms with Crippen LogP contribution in [0.1, 0.15) is 16.8 Å². The van der Waals surface area contributed by atoms with Crippen LogP contribution >= 0.6 is 0 Å². The summed E-state index contributed by atoms with van der Waals surface area (Å²) in [5.74, 6) is 1.36. The third-order valence-corrected chi connectivity index (χ3v) is 3.98. The summed E-state index contributed by atoms with van der Waals surface area (Å²) in [6, 6.07) is 17.0. The van der Waals surface area contributed by atoms with Gasteiger partial charge < -0.3 is 20.1 Å². The lowest BCUT2D eigenvalue weighted by Gasteiger charge is -2.18. The molecule has 1 amide bonds. The second-order valence-corrected chi connectivity index (χ2v) is 5.81. The first-order chi connectivity index (χ1) is 11.7. The van der Waals surface area contributed by atoms with E-state index in [0.717, 1.165) is 12.2 Å². The molecule has 1 atom stereocenters. The van der Waals surface area contributed by atoms with Gasteiger partial charge in [0.1, 0.15) is 24.7 Å². The second kappa shape index (κ2) is 7.84. The number of para-hydroxylation sites is 2. The van der Waals surface area contributed by atoms with E-state index in [0.29, 0.717) is 37.6 Å². The number of rotatable bonds is 6. The third-order valence-electron chi connectivity index (χ3n) is 3.98. The van der Waals surface area contributed by atoms with Crippen molar-refractivity contribution in [3.63, 3.8) is 0 Å². The molecule has 0 spiro atoms. The number of nitrogens with two attached hydrogens (primary N) is 1. The summed E-state index contributed by atoms with van der Waals surface area (Å²) >= 11 is 0. The van der Waals surface area contributed by atoms with Crippen LogP contribution in [0.3, 0.4) is 0 Å². The Kier molecular flexibility index (Phi) is 5.33. The van der Waals surface area contributed by atoms with Crippen molar-refractivity contribution in [2.45, 2.75) is 12.5 Å². The number of hydrogen-bond acceptors (Lipinski definition) is 4. The first-order valence-corrected chi connectivity index (χ1v) is 8.18. The average Bonchev–Trinajstić information content (AvgIpc) is 3.06. The van der Waals surface area contributed by atoms with Gasteiger partial charge in [-0.05, 0) is 30.7 Å². The number of carbonyl (C=O) groups excluding carboxylic acids is 1. The van der Waals surface area contributed by atoms with Gasteiger partial charge in [-0.15, -0.1) is 0 Å². The Hall–Kier alpha value is -2.53. The van der Waals surface area contributed by atoms with E-state index in [1.807, 2.05) is 48.5 Å². The quantitative estimate of drug-likeness (QED) is 0.828. The summed E-state index contributed by atoms with van der Waals surface area (Å²) in [4.78, 5) is 14.4. The minimum absolute atomic E-state index is 0.0254. The SMILES string of the molecule is N[C@@H]1CCN(C(=O)c2ccccc2OCCOc2ccccc2)C1. The standard InChI is InChI=1S/C19H22N2O3/c20-15-10-11-21(14-15)19(22)17-8-4-5-9-18(17)24-13-12-23-16-6-2-1-3-7-16/h1-9,15H,10-14,20H2/t15-/m1/s1. The van der Waals surface area contributed by atoms with Crippen molar-refractivity contribution in [2.75, 3.05) is 26.3 Å². The van der Waals surface area contributed by atoms with E-state index >= 15 is 0 Å². The number of ether oxygens (including phenoxy) is 2. The predicted octanol–water partition coefficient (Wildman–Crippen LogP) is 2.32. The van der Waals surface area contributed by atoms with Gasteiger partial charge in [-0.1, -0.05) is 30.3 Å². The Morgan fingerprint density at radius 1 is 1.04 bits per heavy atom. The van der Waals surface area contributed by atoms with Gasteiger partial charge >= 0.3 is 0 Å². The van der Waals surface area contributed by atoms with E-state index in [2.05, 4.69) is 0 Å². The highest BCUT2D eigenvalue weighted by Gasteiger charge is 2.26. The minimum Gasteiger partial charge on any atom is -0.490 e. The number of nitrogens with zero attached hydrogens (tertiary/aromatic N) is 1. The van der Waals surface area contributed by atoms with Crippen molar-refractivity contribution in [3.05, 3.63) is 60.2 Å². The van der Waals surface area contributed by atoms with E-state index in [4.69, 9.17) is 15.2 Å². The highest BCUT2D eigenvalue weighted by molar-refractivity contribution is 5.97. The van der Waals surface area contributed by atoms with E-state index < -0.39 is 0 Å². The fourth-order valence-corrected chi connectivity index (χ4v) is 2.74. The zero-order chi connectivity index (χ0) is 16.8. The van der Waals surface area contributed by atoms with Gasteiger partial charge in [0, 0.05) is 19.1 Å². The molecule has 1 fully saturated rings. The highest BCUT2D eigenvalue weighted by Crippen LogP contribution is 2.22. The van der Waals surface area contributed by atoms with Crippen LogP contribution in [0.25, 0.3) is 0 Å². The predicted molar refractivity (Wildman–Crippen MR) is 92.4 cm³/mol. The topological polar surface area (TPSA) is 64.8 Å². The molecule has 5 nitrogen and oxygen atoms in total. The van der Waals surface area contributed by atoms with Crippen LogP contribution in [-0.4, -0.2) is 43.2 Å². The van der Waals surface area contributed by atoms with Gasteiger partial charge in [0.25, 0.3) is 5.91 Å².